The topological polar surface area (TPSA) is 38.7 Å². The molecule has 3 heteroatoms. The Morgan fingerprint density at radius 3 is 2.18 bits per heavy atom. The van der Waals surface area contributed by atoms with Crippen LogP contribution in [0.4, 0.5) is 0 Å². The summed E-state index contributed by atoms with van der Waals surface area (Å²) in [6.45, 7) is 11.2. The lowest BCUT2D eigenvalue weighted by atomic mass is 9.98. The molecule has 3 nitrogen and oxygen atoms in total. The molecule has 4 atom stereocenters. The standard InChI is InChI=1S/C14H30O3/c1-6-8-14(11(3)7-2)17-13(5)10-16-12(4)9-15/h11-15H,6-10H2,1-5H3. The minimum atomic E-state index is -0.103. The molecule has 104 valence electrons. The van der Waals surface area contributed by atoms with Gasteiger partial charge in [0.2, 0.25) is 0 Å². The third kappa shape index (κ3) is 7.74. The summed E-state index contributed by atoms with van der Waals surface area (Å²) in [6, 6.07) is 0. The fourth-order valence-corrected chi connectivity index (χ4v) is 1.72. The van der Waals surface area contributed by atoms with Gasteiger partial charge in [0, 0.05) is 0 Å². The molecular weight excluding hydrogens is 216 g/mol. The van der Waals surface area contributed by atoms with Gasteiger partial charge in [-0.25, -0.2) is 0 Å². The molecule has 0 radical (unpaired) electrons. The van der Waals surface area contributed by atoms with Crippen molar-refractivity contribution >= 4 is 0 Å². The van der Waals surface area contributed by atoms with Gasteiger partial charge in [0.15, 0.2) is 0 Å². The average Bonchev–Trinajstić information content (AvgIpc) is 2.34. The molecule has 0 aromatic rings. The van der Waals surface area contributed by atoms with Crippen LogP contribution < -0.4 is 0 Å². The number of hydrogen-bond donors (Lipinski definition) is 1. The number of hydrogen-bond acceptors (Lipinski definition) is 3. The Bertz CT molecular complexity index is 173. The second kappa shape index (κ2) is 9.86. The maximum atomic E-state index is 8.87. The lowest BCUT2D eigenvalue weighted by Crippen LogP contribution is -2.30. The van der Waals surface area contributed by atoms with Crippen molar-refractivity contribution < 1.29 is 14.6 Å². The van der Waals surface area contributed by atoms with Crippen LogP contribution in [0.25, 0.3) is 0 Å². The molecule has 0 saturated heterocycles. The average molecular weight is 246 g/mol. The SMILES string of the molecule is CCCC(OC(C)COC(C)CO)C(C)CC. The lowest BCUT2D eigenvalue weighted by Gasteiger charge is -2.27. The van der Waals surface area contributed by atoms with Crippen molar-refractivity contribution in [3.63, 3.8) is 0 Å². The van der Waals surface area contributed by atoms with Gasteiger partial charge in [0.1, 0.15) is 0 Å². The maximum Gasteiger partial charge on any atom is 0.0784 e. The van der Waals surface area contributed by atoms with Gasteiger partial charge >= 0.3 is 0 Å². The van der Waals surface area contributed by atoms with Crippen LogP contribution in [-0.4, -0.2) is 36.6 Å². The van der Waals surface area contributed by atoms with E-state index in [-0.39, 0.29) is 18.8 Å². The molecule has 0 heterocycles. The van der Waals surface area contributed by atoms with Crippen molar-refractivity contribution in [1.29, 1.82) is 0 Å². The van der Waals surface area contributed by atoms with Crippen molar-refractivity contribution in [3.8, 4) is 0 Å². The van der Waals surface area contributed by atoms with E-state index in [1.54, 1.807) is 0 Å². The normalized spacial score (nSPS) is 18.7. The second-order valence-electron chi connectivity index (χ2n) is 4.99. The molecule has 0 aliphatic rings. The first-order valence-corrected chi connectivity index (χ1v) is 6.92. The number of aliphatic hydroxyl groups excluding tert-OH is 1. The van der Waals surface area contributed by atoms with Gasteiger partial charge in [-0.05, 0) is 26.2 Å². The number of aliphatic hydroxyl groups is 1. The van der Waals surface area contributed by atoms with E-state index < -0.39 is 0 Å². The first-order valence-electron chi connectivity index (χ1n) is 6.92. The summed E-state index contributed by atoms with van der Waals surface area (Å²) in [6.07, 6.45) is 3.72. The monoisotopic (exact) mass is 246 g/mol. The summed E-state index contributed by atoms with van der Waals surface area (Å²) in [5, 5.41) is 8.87. The van der Waals surface area contributed by atoms with Gasteiger partial charge in [0.05, 0.1) is 31.5 Å². The highest BCUT2D eigenvalue weighted by Crippen LogP contribution is 2.18. The van der Waals surface area contributed by atoms with Crippen molar-refractivity contribution in [1.82, 2.24) is 0 Å². The zero-order valence-electron chi connectivity index (χ0n) is 12.1. The molecule has 0 aliphatic heterocycles. The minimum Gasteiger partial charge on any atom is -0.394 e. The predicted molar refractivity (Wildman–Crippen MR) is 71.2 cm³/mol. The van der Waals surface area contributed by atoms with Gasteiger partial charge in [-0.15, -0.1) is 0 Å². The molecule has 0 aromatic carbocycles. The molecular formula is C14H30O3. The highest BCUT2D eigenvalue weighted by Gasteiger charge is 2.18. The quantitative estimate of drug-likeness (QED) is 0.644. The van der Waals surface area contributed by atoms with E-state index in [2.05, 4.69) is 20.8 Å². The molecule has 4 unspecified atom stereocenters. The molecule has 17 heavy (non-hydrogen) atoms. The van der Waals surface area contributed by atoms with Crippen LogP contribution in [0.5, 0.6) is 0 Å². The first kappa shape index (κ1) is 16.9. The van der Waals surface area contributed by atoms with Gasteiger partial charge < -0.3 is 14.6 Å². The molecule has 0 saturated carbocycles. The summed E-state index contributed by atoms with van der Waals surface area (Å²) < 4.78 is 11.5. The Hall–Kier alpha value is -0.120. The summed E-state index contributed by atoms with van der Waals surface area (Å²) in [5.41, 5.74) is 0. The third-order valence-corrected chi connectivity index (χ3v) is 3.13. The van der Waals surface area contributed by atoms with E-state index in [9.17, 15) is 0 Å². The molecule has 0 aromatic heterocycles. The van der Waals surface area contributed by atoms with Crippen LogP contribution in [0.2, 0.25) is 0 Å². The van der Waals surface area contributed by atoms with Gasteiger partial charge in [-0.1, -0.05) is 33.6 Å². The predicted octanol–water partition coefficient (Wildman–Crippen LogP) is 3.00. The van der Waals surface area contributed by atoms with Crippen LogP contribution >= 0.6 is 0 Å². The zero-order valence-corrected chi connectivity index (χ0v) is 12.1. The van der Waals surface area contributed by atoms with E-state index in [1.165, 1.54) is 0 Å². The fraction of sp³-hybridized carbons (Fsp3) is 1.00. The van der Waals surface area contributed by atoms with Gasteiger partial charge in [-0.2, -0.15) is 0 Å². The Balaban J connectivity index is 3.98. The molecule has 0 spiro atoms. The summed E-state index contributed by atoms with van der Waals surface area (Å²) in [7, 11) is 0. The van der Waals surface area contributed by atoms with Crippen molar-refractivity contribution in [2.45, 2.75) is 72.2 Å². The van der Waals surface area contributed by atoms with E-state index in [1.807, 2.05) is 13.8 Å². The number of rotatable bonds is 10. The molecule has 0 amide bonds. The first-order chi connectivity index (χ1) is 8.04. The highest BCUT2D eigenvalue weighted by molar-refractivity contribution is 4.67. The van der Waals surface area contributed by atoms with E-state index in [0.717, 1.165) is 19.3 Å². The highest BCUT2D eigenvalue weighted by atomic mass is 16.5. The van der Waals surface area contributed by atoms with Crippen molar-refractivity contribution in [3.05, 3.63) is 0 Å². The van der Waals surface area contributed by atoms with Gasteiger partial charge in [0.25, 0.3) is 0 Å². The summed E-state index contributed by atoms with van der Waals surface area (Å²) >= 11 is 0. The maximum absolute atomic E-state index is 8.87. The van der Waals surface area contributed by atoms with Gasteiger partial charge in [-0.3, -0.25) is 0 Å². The fourth-order valence-electron chi connectivity index (χ4n) is 1.72. The molecule has 0 aliphatic carbocycles. The molecule has 0 fully saturated rings. The molecule has 1 N–H and O–H groups in total. The zero-order chi connectivity index (χ0) is 13.3. The van der Waals surface area contributed by atoms with E-state index in [4.69, 9.17) is 14.6 Å². The van der Waals surface area contributed by atoms with E-state index >= 15 is 0 Å². The van der Waals surface area contributed by atoms with Crippen LogP contribution in [0.1, 0.15) is 53.9 Å². The van der Waals surface area contributed by atoms with Crippen LogP contribution in [0.15, 0.2) is 0 Å². The second-order valence-corrected chi connectivity index (χ2v) is 4.99. The lowest BCUT2D eigenvalue weighted by molar-refractivity contribution is -0.0886. The molecule has 0 bridgehead atoms. The Morgan fingerprint density at radius 2 is 1.71 bits per heavy atom. The van der Waals surface area contributed by atoms with Crippen LogP contribution in [0, 0.1) is 5.92 Å². The largest absolute Gasteiger partial charge is 0.394 e. The van der Waals surface area contributed by atoms with Crippen LogP contribution in [-0.2, 0) is 9.47 Å². The van der Waals surface area contributed by atoms with Crippen LogP contribution in [0.3, 0.4) is 0 Å². The minimum absolute atomic E-state index is 0.0659. The summed E-state index contributed by atoms with van der Waals surface area (Å²) in [5.74, 6) is 0.590. The smallest absolute Gasteiger partial charge is 0.0784 e. The summed E-state index contributed by atoms with van der Waals surface area (Å²) in [4.78, 5) is 0. The van der Waals surface area contributed by atoms with E-state index in [0.29, 0.717) is 18.6 Å². The molecule has 0 rings (SSSR count). The Labute approximate surface area is 107 Å². The Kier molecular flexibility index (Phi) is 9.79. The Morgan fingerprint density at radius 1 is 1.06 bits per heavy atom. The number of ether oxygens (including phenoxy) is 2. The van der Waals surface area contributed by atoms with Crippen molar-refractivity contribution in [2.75, 3.05) is 13.2 Å². The third-order valence-electron chi connectivity index (χ3n) is 3.13. The van der Waals surface area contributed by atoms with Crippen molar-refractivity contribution in [2.24, 2.45) is 5.92 Å².